The van der Waals surface area contributed by atoms with Gasteiger partial charge >= 0.3 is 0 Å². The van der Waals surface area contributed by atoms with E-state index in [1.54, 1.807) is 30.0 Å². The van der Waals surface area contributed by atoms with Crippen molar-refractivity contribution in [2.24, 2.45) is 5.73 Å². The first kappa shape index (κ1) is 16.7. The molecule has 4 nitrogen and oxygen atoms in total. The number of nitrogens with zero attached hydrogens (tertiary/aromatic N) is 1. The van der Waals surface area contributed by atoms with Crippen molar-refractivity contribution < 1.29 is 9.53 Å². The van der Waals surface area contributed by atoms with Gasteiger partial charge in [0.2, 0.25) is 0 Å². The molecule has 0 aliphatic heterocycles. The van der Waals surface area contributed by atoms with Crippen LogP contribution in [0.15, 0.2) is 18.2 Å². The Labute approximate surface area is 129 Å². The lowest BCUT2D eigenvalue weighted by atomic mass is 10.2. The maximum Gasteiger partial charge on any atom is 0.263 e. The van der Waals surface area contributed by atoms with Crippen molar-refractivity contribution in [3.8, 4) is 5.75 Å². The van der Waals surface area contributed by atoms with Gasteiger partial charge in [-0.05, 0) is 32.9 Å². The number of ether oxygens (including phenoxy) is 1. The summed E-state index contributed by atoms with van der Waals surface area (Å²) in [7, 11) is 0. The lowest BCUT2D eigenvalue weighted by molar-refractivity contribution is -0.137. The number of benzene rings is 1. The minimum atomic E-state index is -0.624. The van der Waals surface area contributed by atoms with E-state index in [2.05, 4.69) is 0 Å². The van der Waals surface area contributed by atoms with Crippen LogP contribution in [-0.4, -0.2) is 35.0 Å². The molecule has 1 atom stereocenters. The summed E-state index contributed by atoms with van der Waals surface area (Å²) in [6, 6.07) is 5.11. The van der Waals surface area contributed by atoms with E-state index in [0.29, 0.717) is 29.4 Å². The van der Waals surface area contributed by atoms with Gasteiger partial charge in [0, 0.05) is 13.1 Å². The number of halogens is 1. The zero-order valence-corrected chi connectivity index (χ0v) is 13.4. The zero-order chi connectivity index (χ0) is 15.3. The SMILES string of the molecule is CCN(CC)C(=O)C(C)Oc1cccc(Cl)c1C(N)=S. The molecule has 2 N–H and O–H groups in total. The molecule has 0 saturated heterocycles. The second-order valence-corrected chi connectivity index (χ2v) is 5.09. The minimum absolute atomic E-state index is 0.0798. The molecule has 1 unspecified atom stereocenters. The molecule has 0 saturated carbocycles. The molecule has 0 spiro atoms. The zero-order valence-electron chi connectivity index (χ0n) is 11.9. The Hall–Kier alpha value is -1.33. The largest absolute Gasteiger partial charge is 0.480 e. The average Bonchev–Trinajstić information content (AvgIpc) is 2.39. The van der Waals surface area contributed by atoms with Gasteiger partial charge in [0.15, 0.2) is 6.10 Å². The van der Waals surface area contributed by atoms with Gasteiger partial charge in [-0.3, -0.25) is 4.79 Å². The van der Waals surface area contributed by atoms with Gasteiger partial charge in [0.05, 0.1) is 10.6 Å². The molecule has 0 aromatic heterocycles. The Bertz CT molecular complexity index is 504. The van der Waals surface area contributed by atoms with E-state index >= 15 is 0 Å². The topological polar surface area (TPSA) is 55.6 Å². The molecule has 6 heteroatoms. The Morgan fingerprint density at radius 2 is 2.05 bits per heavy atom. The Morgan fingerprint density at radius 1 is 1.45 bits per heavy atom. The van der Waals surface area contributed by atoms with Crippen molar-refractivity contribution in [2.45, 2.75) is 26.9 Å². The number of carbonyl (C=O) groups excluding carboxylic acids is 1. The predicted octanol–water partition coefficient (Wildman–Crippen LogP) is 2.61. The van der Waals surface area contributed by atoms with Crippen LogP contribution in [0.2, 0.25) is 5.02 Å². The van der Waals surface area contributed by atoms with Gasteiger partial charge in [-0.1, -0.05) is 29.9 Å². The van der Waals surface area contributed by atoms with E-state index in [-0.39, 0.29) is 10.9 Å². The first-order valence-corrected chi connectivity index (χ1v) is 7.24. The minimum Gasteiger partial charge on any atom is -0.480 e. The third kappa shape index (κ3) is 3.84. The van der Waals surface area contributed by atoms with Crippen molar-refractivity contribution in [2.75, 3.05) is 13.1 Å². The molecule has 0 heterocycles. The maximum atomic E-state index is 12.2. The third-order valence-corrected chi connectivity index (χ3v) is 3.47. The van der Waals surface area contributed by atoms with E-state index < -0.39 is 6.10 Å². The molecule has 1 aromatic carbocycles. The van der Waals surface area contributed by atoms with Crippen LogP contribution in [0.3, 0.4) is 0 Å². The number of thiocarbonyl (C=S) groups is 1. The second kappa shape index (κ2) is 7.45. The monoisotopic (exact) mass is 314 g/mol. The number of rotatable bonds is 6. The predicted molar refractivity (Wildman–Crippen MR) is 85.4 cm³/mol. The molecule has 0 aliphatic carbocycles. The van der Waals surface area contributed by atoms with Crippen LogP contribution in [0.5, 0.6) is 5.75 Å². The van der Waals surface area contributed by atoms with Crippen LogP contribution in [0, 0.1) is 0 Å². The number of nitrogens with two attached hydrogens (primary N) is 1. The van der Waals surface area contributed by atoms with E-state index in [0.717, 1.165) is 0 Å². The molecule has 110 valence electrons. The molecule has 0 radical (unpaired) electrons. The fraction of sp³-hybridized carbons (Fsp3) is 0.429. The smallest absolute Gasteiger partial charge is 0.263 e. The summed E-state index contributed by atoms with van der Waals surface area (Å²) in [6.45, 7) is 6.83. The van der Waals surface area contributed by atoms with Crippen LogP contribution in [0.25, 0.3) is 0 Å². The van der Waals surface area contributed by atoms with Crippen molar-refractivity contribution in [1.82, 2.24) is 4.90 Å². The van der Waals surface area contributed by atoms with Crippen LogP contribution in [-0.2, 0) is 4.79 Å². The number of carbonyl (C=O) groups is 1. The van der Waals surface area contributed by atoms with E-state index in [9.17, 15) is 4.79 Å². The van der Waals surface area contributed by atoms with Gasteiger partial charge < -0.3 is 15.4 Å². The highest BCUT2D eigenvalue weighted by molar-refractivity contribution is 7.80. The van der Waals surface area contributed by atoms with Crippen molar-refractivity contribution in [3.63, 3.8) is 0 Å². The normalized spacial score (nSPS) is 11.8. The number of likely N-dealkylation sites (N-methyl/N-ethyl adjacent to an activating group) is 1. The lowest BCUT2D eigenvalue weighted by Crippen LogP contribution is -2.40. The summed E-state index contributed by atoms with van der Waals surface area (Å²) in [6.07, 6.45) is -0.624. The summed E-state index contributed by atoms with van der Waals surface area (Å²) in [4.78, 5) is 14.0. The van der Waals surface area contributed by atoms with Gasteiger partial charge in [-0.2, -0.15) is 0 Å². The van der Waals surface area contributed by atoms with Gasteiger partial charge in [-0.15, -0.1) is 0 Å². The summed E-state index contributed by atoms with van der Waals surface area (Å²) in [5.41, 5.74) is 6.11. The lowest BCUT2D eigenvalue weighted by Gasteiger charge is -2.24. The van der Waals surface area contributed by atoms with Gasteiger partial charge in [0.25, 0.3) is 5.91 Å². The first-order valence-electron chi connectivity index (χ1n) is 6.46. The molecular weight excluding hydrogens is 296 g/mol. The molecule has 0 aliphatic rings. The molecule has 1 aromatic rings. The highest BCUT2D eigenvalue weighted by Gasteiger charge is 2.22. The van der Waals surface area contributed by atoms with Crippen molar-refractivity contribution in [1.29, 1.82) is 0 Å². The Morgan fingerprint density at radius 3 is 2.55 bits per heavy atom. The van der Waals surface area contributed by atoms with E-state index in [1.807, 2.05) is 13.8 Å². The Kier molecular flexibility index (Phi) is 6.23. The average molecular weight is 315 g/mol. The van der Waals surface area contributed by atoms with Crippen molar-refractivity contribution >= 4 is 34.7 Å². The summed E-state index contributed by atoms with van der Waals surface area (Å²) >= 11 is 11.0. The van der Waals surface area contributed by atoms with E-state index in [4.69, 9.17) is 34.3 Å². The highest BCUT2D eigenvalue weighted by atomic mass is 35.5. The number of hydrogen-bond acceptors (Lipinski definition) is 3. The van der Waals surface area contributed by atoms with Gasteiger partial charge in [-0.25, -0.2) is 0 Å². The summed E-state index contributed by atoms with van der Waals surface area (Å²) in [5.74, 6) is 0.349. The molecule has 1 amide bonds. The second-order valence-electron chi connectivity index (χ2n) is 4.25. The number of amides is 1. The maximum absolute atomic E-state index is 12.2. The molecule has 20 heavy (non-hydrogen) atoms. The molecule has 0 fully saturated rings. The van der Waals surface area contributed by atoms with Crippen LogP contribution < -0.4 is 10.5 Å². The highest BCUT2D eigenvalue weighted by Crippen LogP contribution is 2.27. The van der Waals surface area contributed by atoms with Crippen LogP contribution in [0.4, 0.5) is 0 Å². The molecule has 1 rings (SSSR count). The van der Waals surface area contributed by atoms with Crippen LogP contribution in [0.1, 0.15) is 26.3 Å². The summed E-state index contributed by atoms with van der Waals surface area (Å²) in [5, 5.41) is 0.414. The molecular formula is C14H19ClN2O2S. The first-order chi connectivity index (χ1) is 9.42. The quantitative estimate of drug-likeness (QED) is 0.820. The fourth-order valence-electron chi connectivity index (χ4n) is 1.87. The van der Waals surface area contributed by atoms with E-state index in [1.165, 1.54) is 0 Å². The van der Waals surface area contributed by atoms with Gasteiger partial charge in [0.1, 0.15) is 10.7 Å². The van der Waals surface area contributed by atoms with Crippen molar-refractivity contribution in [3.05, 3.63) is 28.8 Å². The molecule has 0 bridgehead atoms. The summed E-state index contributed by atoms with van der Waals surface area (Å²) < 4.78 is 5.69. The number of hydrogen-bond donors (Lipinski definition) is 1. The third-order valence-electron chi connectivity index (χ3n) is 2.95. The Balaban J connectivity index is 2.96. The van der Waals surface area contributed by atoms with Crippen LogP contribution >= 0.6 is 23.8 Å². The fourth-order valence-corrected chi connectivity index (χ4v) is 2.41. The standard InChI is InChI=1S/C14H19ClN2O2S/c1-4-17(5-2)14(18)9(3)19-11-8-6-7-10(15)12(11)13(16)20/h6-9H,4-5H2,1-3H3,(H2,16,20).